The van der Waals surface area contributed by atoms with Crippen LogP contribution < -0.4 is 10.9 Å². The maximum absolute atomic E-state index is 13.5. The summed E-state index contributed by atoms with van der Waals surface area (Å²) in [5.74, 6) is 0.487. The molecule has 0 spiro atoms. The third-order valence-corrected chi connectivity index (χ3v) is 7.39. The van der Waals surface area contributed by atoms with Gasteiger partial charge in [-0.3, -0.25) is 14.0 Å². The molecule has 0 bridgehead atoms. The maximum atomic E-state index is 13.5. The molecule has 0 unspecified atom stereocenters. The second-order valence-corrected chi connectivity index (χ2v) is 9.68. The highest BCUT2D eigenvalue weighted by Crippen LogP contribution is 2.26. The first-order chi connectivity index (χ1) is 17.1. The van der Waals surface area contributed by atoms with Crippen LogP contribution in [0.3, 0.4) is 0 Å². The largest absolute Gasteiger partial charge is 0.325 e. The van der Waals surface area contributed by atoms with Crippen LogP contribution in [0.15, 0.2) is 76.7 Å². The van der Waals surface area contributed by atoms with Gasteiger partial charge in [0.05, 0.1) is 22.3 Å². The number of hydrogen-bond acceptors (Lipinski definition) is 5. The molecule has 2 aromatic heterocycles. The van der Waals surface area contributed by atoms with Crippen LogP contribution in [0.4, 0.5) is 5.69 Å². The zero-order chi connectivity index (χ0) is 23.9. The van der Waals surface area contributed by atoms with E-state index in [4.69, 9.17) is 0 Å². The Morgan fingerprint density at radius 3 is 2.69 bits per heavy atom. The molecule has 8 heteroatoms. The highest BCUT2D eigenvalue weighted by molar-refractivity contribution is 7.99. The molecule has 0 saturated heterocycles. The molecule has 0 radical (unpaired) electrons. The van der Waals surface area contributed by atoms with E-state index in [9.17, 15) is 9.59 Å². The molecule has 7 nitrogen and oxygen atoms in total. The average Bonchev–Trinajstić information content (AvgIpc) is 3.51. The Hall–Kier alpha value is -3.91. The third kappa shape index (κ3) is 3.80. The molecular weight excluding hydrogens is 458 g/mol. The number of thioether (sulfide) groups is 1. The third-order valence-electron chi connectivity index (χ3n) is 6.47. The fourth-order valence-corrected chi connectivity index (χ4v) is 5.52. The summed E-state index contributed by atoms with van der Waals surface area (Å²) in [6, 6.07) is 21.3. The Balaban J connectivity index is 1.36. The number of fused-ring (bicyclic) bond motifs is 4. The Kier molecular flexibility index (Phi) is 5.37. The normalized spacial score (nSPS) is 12.8. The first-order valence-corrected chi connectivity index (χ1v) is 12.6. The van der Waals surface area contributed by atoms with E-state index in [2.05, 4.69) is 27.6 Å². The molecule has 3 aromatic carbocycles. The predicted molar refractivity (Wildman–Crippen MR) is 139 cm³/mol. The van der Waals surface area contributed by atoms with E-state index in [1.165, 1.54) is 29.3 Å². The fourth-order valence-electron chi connectivity index (χ4n) is 4.78. The minimum Gasteiger partial charge on any atom is -0.325 e. The van der Waals surface area contributed by atoms with Crippen LogP contribution in [0.5, 0.6) is 0 Å². The molecule has 5 aromatic rings. The fraction of sp³-hybridized carbons (Fsp3) is 0.185. The lowest BCUT2D eigenvalue weighted by Gasteiger charge is -2.13. The van der Waals surface area contributed by atoms with Gasteiger partial charge in [-0.2, -0.15) is 0 Å². The number of amides is 1. The Morgan fingerprint density at radius 1 is 1.00 bits per heavy atom. The lowest BCUT2D eigenvalue weighted by Crippen LogP contribution is -2.22. The van der Waals surface area contributed by atoms with E-state index >= 15 is 0 Å². The number of para-hydroxylation sites is 2. The van der Waals surface area contributed by atoms with Crippen LogP contribution >= 0.6 is 11.8 Å². The number of hydrogen-bond donors (Lipinski definition) is 1. The number of aryl methyl sites for hydroxylation is 3. The molecule has 0 atom stereocenters. The lowest BCUT2D eigenvalue weighted by molar-refractivity contribution is -0.113. The summed E-state index contributed by atoms with van der Waals surface area (Å²) >= 11 is 1.30. The zero-order valence-corrected chi connectivity index (χ0v) is 20.0. The van der Waals surface area contributed by atoms with Crippen molar-refractivity contribution in [3.63, 3.8) is 0 Å². The van der Waals surface area contributed by atoms with E-state index in [0.717, 1.165) is 29.8 Å². The van der Waals surface area contributed by atoms with Gasteiger partial charge in [-0.25, -0.2) is 4.57 Å². The molecule has 0 saturated carbocycles. The summed E-state index contributed by atoms with van der Waals surface area (Å²) < 4.78 is 3.45. The molecule has 2 heterocycles. The summed E-state index contributed by atoms with van der Waals surface area (Å²) in [5.41, 5.74) is 5.79. The number of benzene rings is 3. The number of carbonyl (C=O) groups is 1. The van der Waals surface area contributed by atoms with E-state index in [1.54, 1.807) is 10.6 Å². The van der Waals surface area contributed by atoms with Crippen LogP contribution in [0.25, 0.3) is 22.4 Å². The van der Waals surface area contributed by atoms with Crippen molar-refractivity contribution in [1.29, 1.82) is 0 Å². The molecule has 174 valence electrons. The summed E-state index contributed by atoms with van der Waals surface area (Å²) in [5, 5.41) is 12.9. The van der Waals surface area contributed by atoms with Crippen molar-refractivity contribution in [2.75, 3.05) is 11.1 Å². The van der Waals surface area contributed by atoms with Gasteiger partial charge >= 0.3 is 0 Å². The first kappa shape index (κ1) is 21.6. The molecule has 1 amide bonds. The first-order valence-electron chi connectivity index (χ1n) is 11.6. The zero-order valence-electron chi connectivity index (χ0n) is 19.2. The van der Waals surface area contributed by atoms with E-state index < -0.39 is 0 Å². The molecule has 1 aliphatic carbocycles. The van der Waals surface area contributed by atoms with Crippen LogP contribution in [-0.4, -0.2) is 30.8 Å². The second kappa shape index (κ2) is 8.70. The highest BCUT2D eigenvalue weighted by atomic mass is 32.2. The summed E-state index contributed by atoms with van der Waals surface area (Å²) in [7, 11) is 0. The van der Waals surface area contributed by atoms with Gasteiger partial charge in [0.25, 0.3) is 5.56 Å². The number of anilines is 1. The SMILES string of the molecule is Cc1ccccc1-n1c(=O)c2ccccc2n2c(SCC(=O)Nc3ccc4c(c3)CCC4)nnc12. The maximum Gasteiger partial charge on any atom is 0.267 e. The Morgan fingerprint density at radius 2 is 1.80 bits per heavy atom. The van der Waals surface area contributed by atoms with Crippen molar-refractivity contribution >= 4 is 40.0 Å². The molecule has 1 aliphatic rings. The van der Waals surface area contributed by atoms with E-state index in [0.29, 0.717) is 21.8 Å². The van der Waals surface area contributed by atoms with Crippen molar-refractivity contribution in [2.45, 2.75) is 31.3 Å². The molecule has 6 rings (SSSR count). The van der Waals surface area contributed by atoms with Gasteiger partial charge in [-0.1, -0.05) is 48.2 Å². The van der Waals surface area contributed by atoms with Gasteiger partial charge in [0.1, 0.15) is 0 Å². The van der Waals surface area contributed by atoms with Gasteiger partial charge in [-0.15, -0.1) is 10.2 Å². The predicted octanol–water partition coefficient (Wildman–Crippen LogP) is 4.56. The standard InChI is InChI=1S/C27H23N5O2S/c1-17-7-2-4-11-22(17)31-25(34)21-10-3-5-12-23(21)32-26(31)29-30-27(32)35-16-24(33)28-20-14-13-18-8-6-9-19(18)15-20/h2-5,7,10-15H,6,8-9,16H2,1H3,(H,28,33). The molecule has 0 fully saturated rings. The topological polar surface area (TPSA) is 81.3 Å². The van der Waals surface area contributed by atoms with Gasteiger partial charge in [0.2, 0.25) is 11.7 Å². The Bertz CT molecular complexity index is 1670. The minimum absolute atomic E-state index is 0.110. The van der Waals surface area contributed by atoms with Crippen molar-refractivity contribution in [3.05, 3.63) is 93.8 Å². The van der Waals surface area contributed by atoms with Gasteiger partial charge in [-0.05, 0) is 73.2 Å². The van der Waals surface area contributed by atoms with E-state index in [-0.39, 0.29) is 17.2 Å². The van der Waals surface area contributed by atoms with Crippen LogP contribution in [-0.2, 0) is 17.6 Å². The van der Waals surface area contributed by atoms with Gasteiger partial charge < -0.3 is 5.32 Å². The summed E-state index contributed by atoms with van der Waals surface area (Å²) in [6.07, 6.45) is 3.35. The number of rotatable bonds is 5. The number of carbonyl (C=O) groups excluding carboxylic acids is 1. The van der Waals surface area contributed by atoms with Gasteiger partial charge in [0, 0.05) is 5.69 Å². The van der Waals surface area contributed by atoms with E-state index in [1.807, 2.05) is 59.9 Å². The average molecular weight is 482 g/mol. The van der Waals surface area contributed by atoms with Crippen LogP contribution in [0.1, 0.15) is 23.1 Å². The summed E-state index contributed by atoms with van der Waals surface area (Å²) in [6.45, 7) is 1.96. The van der Waals surface area contributed by atoms with Crippen LogP contribution in [0, 0.1) is 6.92 Å². The number of nitrogens with one attached hydrogen (secondary N) is 1. The highest BCUT2D eigenvalue weighted by Gasteiger charge is 2.19. The molecular formula is C27H23N5O2S. The summed E-state index contributed by atoms with van der Waals surface area (Å²) in [4.78, 5) is 26.2. The molecule has 0 aliphatic heterocycles. The van der Waals surface area contributed by atoms with Gasteiger partial charge in [0.15, 0.2) is 5.16 Å². The smallest absolute Gasteiger partial charge is 0.267 e. The minimum atomic E-state index is -0.152. The lowest BCUT2D eigenvalue weighted by atomic mass is 10.1. The number of aromatic nitrogens is 4. The van der Waals surface area contributed by atoms with Crippen molar-refractivity contribution < 1.29 is 4.79 Å². The quantitative estimate of drug-likeness (QED) is 0.372. The van der Waals surface area contributed by atoms with Crippen LogP contribution in [0.2, 0.25) is 0 Å². The molecule has 35 heavy (non-hydrogen) atoms. The Labute approximate surface area is 205 Å². The monoisotopic (exact) mass is 481 g/mol. The second-order valence-electron chi connectivity index (χ2n) is 8.74. The van der Waals surface area contributed by atoms with Crippen molar-refractivity contribution in [1.82, 2.24) is 19.2 Å². The van der Waals surface area contributed by atoms with Crippen molar-refractivity contribution in [3.8, 4) is 5.69 Å². The molecule has 1 N–H and O–H groups in total. The van der Waals surface area contributed by atoms with Crippen molar-refractivity contribution in [2.24, 2.45) is 0 Å². The number of nitrogens with zero attached hydrogens (tertiary/aromatic N) is 4.